The molecule has 6 nitrogen and oxygen atoms in total. The molecule has 7 heteroatoms. The molecule has 1 aliphatic heterocycles. The zero-order chi connectivity index (χ0) is 16.9. The van der Waals surface area contributed by atoms with Crippen molar-refractivity contribution in [3.63, 3.8) is 0 Å². The van der Waals surface area contributed by atoms with Gasteiger partial charge in [0.2, 0.25) is 0 Å². The van der Waals surface area contributed by atoms with Gasteiger partial charge in [-0.25, -0.2) is 0 Å². The number of carbonyl (C=O) groups excluding carboxylic acids is 1. The predicted octanol–water partition coefficient (Wildman–Crippen LogP) is 3.03. The van der Waals surface area contributed by atoms with Crippen molar-refractivity contribution in [3.8, 4) is 17.6 Å². The van der Waals surface area contributed by atoms with Gasteiger partial charge in [0.1, 0.15) is 18.1 Å². The Morgan fingerprint density at radius 1 is 1.33 bits per heavy atom. The molecule has 0 atom stereocenters. The molecule has 0 unspecified atom stereocenters. The summed E-state index contributed by atoms with van der Waals surface area (Å²) in [5.74, 6) is 1.07. The number of carbonyl (C=O) groups is 1. The number of amides is 1. The van der Waals surface area contributed by atoms with Crippen molar-refractivity contribution in [2.75, 3.05) is 30.4 Å². The van der Waals surface area contributed by atoms with Crippen LogP contribution in [-0.2, 0) is 4.79 Å². The lowest BCUT2D eigenvalue weighted by atomic mass is 10.2. The van der Waals surface area contributed by atoms with Crippen LogP contribution in [0.15, 0.2) is 36.4 Å². The highest BCUT2D eigenvalue weighted by Gasteiger charge is 2.18. The van der Waals surface area contributed by atoms with E-state index in [0.717, 1.165) is 0 Å². The van der Waals surface area contributed by atoms with E-state index in [1.54, 1.807) is 36.4 Å². The number of halogens is 1. The van der Waals surface area contributed by atoms with Crippen molar-refractivity contribution in [2.45, 2.75) is 0 Å². The van der Waals surface area contributed by atoms with Crippen molar-refractivity contribution in [1.82, 2.24) is 0 Å². The van der Waals surface area contributed by atoms with Crippen LogP contribution in [-0.4, -0.2) is 25.7 Å². The molecule has 1 amide bonds. The lowest BCUT2D eigenvalue weighted by molar-refractivity contribution is -0.118. The summed E-state index contributed by atoms with van der Waals surface area (Å²) in [6.07, 6.45) is 0. The van der Waals surface area contributed by atoms with Crippen molar-refractivity contribution in [3.05, 3.63) is 47.0 Å². The maximum absolute atomic E-state index is 11.3. The Balaban J connectivity index is 1.55. The molecule has 0 saturated carbocycles. The van der Waals surface area contributed by atoms with Gasteiger partial charge in [0, 0.05) is 12.6 Å². The number of benzene rings is 2. The quantitative estimate of drug-likeness (QED) is 0.815. The van der Waals surface area contributed by atoms with Crippen LogP contribution in [0.5, 0.6) is 11.5 Å². The SMILES string of the molecule is N#Cc1ccc(OCCNc2cc3c(cc2Cl)NC(=O)CO3)cc1. The number of fused-ring (bicyclic) bond motifs is 1. The highest BCUT2D eigenvalue weighted by molar-refractivity contribution is 6.33. The normalized spacial score (nSPS) is 12.4. The Labute approximate surface area is 143 Å². The van der Waals surface area contributed by atoms with Gasteiger partial charge in [0.25, 0.3) is 5.91 Å². The van der Waals surface area contributed by atoms with Crippen LogP contribution in [0.3, 0.4) is 0 Å². The zero-order valence-corrected chi connectivity index (χ0v) is 13.4. The Hall–Kier alpha value is -2.91. The molecular formula is C17H14ClN3O3. The summed E-state index contributed by atoms with van der Waals surface area (Å²) >= 11 is 6.20. The number of nitriles is 1. The molecular weight excluding hydrogens is 330 g/mol. The van der Waals surface area contributed by atoms with Gasteiger partial charge >= 0.3 is 0 Å². The van der Waals surface area contributed by atoms with E-state index in [-0.39, 0.29) is 12.5 Å². The van der Waals surface area contributed by atoms with Gasteiger partial charge in [-0.3, -0.25) is 4.79 Å². The molecule has 24 heavy (non-hydrogen) atoms. The van der Waals surface area contributed by atoms with Crippen LogP contribution in [0.4, 0.5) is 11.4 Å². The third kappa shape index (κ3) is 3.70. The van der Waals surface area contributed by atoms with E-state index in [0.29, 0.717) is 46.6 Å². The number of nitrogens with one attached hydrogen (secondary N) is 2. The zero-order valence-electron chi connectivity index (χ0n) is 12.6. The summed E-state index contributed by atoms with van der Waals surface area (Å²) < 4.78 is 11.0. The van der Waals surface area contributed by atoms with E-state index in [1.807, 2.05) is 0 Å². The molecule has 0 fully saturated rings. The summed E-state index contributed by atoms with van der Waals surface area (Å²) in [4.78, 5) is 11.3. The van der Waals surface area contributed by atoms with Crippen molar-refractivity contribution >= 4 is 28.9 Å². The minimum Gasteiger partial charge on any atom is -0.492 e. The standard InChI is InChI=1S/C17H14ClN3O3/c18-13-7-15-16(24-10-17(22)21-15)8-14(13)20-5-6-23-12-3-1-11(9-19)2-4-12/h1-4,7-8,20H,5-6,10H2,(H,21,22). The molecule has 0 bridgehead atoms. The minimum atomic E-state index is -0.199. The summed E-state index contributed by atoms with van der Waals surface area (Å²) in [6, 6.07) is 12.4. The first-order chi connectivity index (χ1) is 11.7. The van der Waals surface area contributed by atoms with Gasteiger partial charge in [0.05, 0.1) is 28.0 Å². The topological polar surface area (TPSA) is 83.4 Å². The average Bonchev–Trinajstić information content (AvgIpc) is 2.59. The number of hydrogen-bond donors (Lipinski definition) is 2. The molecule has 0 radical (unpaired) electrons. The van der Waals surface area contributed by atoms with E-state index in [1.165, 1.54) is 0 Å². The fraction of sp³-hybridized carbons (Fsp3) is 0.176. The van der Waals surface area contributed by atoms with Crippen LogP contribution in [0.1, 0.15) is 5.56 Å². The lowest BCUT2D eigenvalue weighted by Gasteiger charge is -2.20. The Bertz CT molecular complexity index is 800. The first-order valence-corrected chi connectivity index (χ1v) is 7.66. The summed E-state index contributed by atoms with van der Waals surface area (Å²) in [6.45, 7) is 0.956. The molecule has 1 heterocycles. The second-order valence-electron chi connectivity index (χ2n) is 5.08. The van der Waals surface area contributed by atoms with E-state index in [4.69, 9.17) is 26.3 Å². The second kappa shape index (κ2) is 7.11. The van der Waals surface area contributed by atoms with Crippen LogP contribution in [0.25, 0.3) is 0 Å². The van der Waals surface area contributed by atoms with Crippen LogP contribution >= 0.6 is 11.6 Å². The van der Waals surface area contributed by atoms with Gasteiger partial charge in [-0.05, 0) is 30.3 Å². The number of anilines is 2. The van der Waals surface area contributed by atoms with Gasteiger partial charge in [-0.15, -0.1) is 0 Å². The van der Waals surface area contributed by atoms with Crippen LogP contribution < -0.4 is 20.1 Å². The molecule has 0 aliphatic carbocycles. The van der Waals surface area contributed by atoms with Crippen molar-refractivity contribution in [2.24, 2.45) is 0 Å². The van der Waals surface area contributed by atoms with E-state index in [9.17, 15) is 4.79 Å². The van der Waals surface area contributed by atoms with Gasteiger partial charge in [-0.2, -0.15) is 5.26 Å². The maximum Gasteiger partial charge on any atom is 0.262 e. The van der Waals surface area contributed by atoms with Gasteiger partial charge in [-0.1, -0.05) is 11.6 Å². The van der Waals surface area contributed by atoms with Crippen molar-refractivity contribution in [1.29, 1.82) is 5.26 Å². The van der Waals surface area contributed by atoms with E-state index in [2.05, 4.69) is 16.7 Å². The summed E-state index contributed by atoms with van der Waals surface area (Å²) in [5.41, 5.74) is 1.86. The second-order valence-corrected chi connectivity index (χ2v) is 5.48. The summed E-state index contributed by atoms with van der Waals surface area (Å²) in [5, 5.41) is 15.1. The third-order valence-electron chi connectivity index (χ3n) is 3.37. The fourth-order valence-electron chi connectivity index (χ4n) is 2.22. The van der Waals surface area contributed by atoms with Crippen molar-refractivity contribution < 1.29 is 14.3 Å². The minimum absolute atomic E-state index is 0.00409. The smallest absolute Gasteiger partial charge is 0.262 e. The van der Waals surface area contributed by atoms with E-state index < -0.39 is 0 Å². The van der Waals surface area contributed by atoms with Crippen LogP contribution in [0.2, 0.25) is 5.02 Å². The average molecular weight is 344 g/mol. The molecule has 1 aliphatic rings. The Kier molecular flexibility index (Phi) is 4.73. The molecule has 122 valence electrons. The highest BCUT2D eigenvalue weighted by atomic mass is 35.5. The molecule has 3 rings (SSSR count). The number of hydrogen-bond acceptors (Lipinski definition) is 5. The monoisotopic (exact) mass is 343 g/mol. The van der Waals surface area contributed by atoms with E-state index >= 15 is 0 Å². The number of nitrogens with zero attached hydrogens (tertiary/aromatic N) is 1. The molecule has 2 aromatic carbocycles. The summed E-state index contributed by atoms with van der Waals surface area (Å²) in [7, 11) is 0. The lowest BCUT2D eigenvalue weighted by Crippen LogP contribution is -2.25. The maximum atomic E-state index is 11.3. The highest BCUT2D eigenvalue weighted by Crippen LogP contribution is 2.36. The number of rotatable bonds is 5. The molecule has 2 N–H and O–H groups in total. The number of ether oxygens (including phenoxy) is 2. The van der Waals surface area contributed by atoms with Gasteiger partial charge < -0.3 is 20.1 Å². The molecule has 0 aromatic heterocycles. The predicted molar refractivity (Wildman–Crippen MR) is 90.7 cm³/mol. The third-order valence-corrected chi connectivity index (χ3v) is 3.68. The van der Waals surface area contributed by atoms with Crippen LogP contribution in [0, 0.1) is 11.3 Å². The molecule has 2 aromatic rings. The molecule has 0 spiro atoms. The first kappa shape index (κ1) is 16.0. The largest absolute Gasteiger partial charge is 0.492 e. The van der Waals surface area contributed by atoms with Gasteiger partial charge in [0.15, 0.2) is 6.61 Å². The first-order valence-electron chi connectivity index (χ1n) is 7.29. The Morgan fingerprint density at radius 2 is 2.12 bits per heavy atom. The fourth-order valence-corrected chi connectivity index (χ4v) is 2.45. The molecule has 0 saturated heterocycles. The Morgan fingerprint density at radius 3 is 2.88 bits per heavy atom.